The predicted octanol–water partition coefficient (Wildman–Crippen LogP) is 3.45. The van der Waals surface area contributed by atoms with Gasteiger partial charge in [-0.25, -0.2) is 4.99 Å². The van der Waals surface area contributed by atoms with E-state index in [0.717, 1.165) is 18.4 Å². The van der Waals surface area contributed by atoms with Crippen molar-refractivity contribution in [1.82, 2.24) is 0 Å². The van der Waals surface area contributed by atoms with Crippen LogP contribution in [0.15, 0.2) is 47.5 Å². The minimum atomic E-state index is 0.226. The molecule has 1 aromatic rings. The third-order valence-electron chi connectivity index (χ3n) is 2.70. The van der Waals surface area contributed by atoms with Crippen molar-refractivity contribution in [1.29, 1.82) is 5.41 Å². The summed E-state index contributed by atoms with van der Waals surface area (Å²) >= 11 is 0. The fourth-order valence-corrected chi connectivity index (χ4v) is 1.78. The summed E-state index contributed by atoms with van der Waals surface area (Å²) in [5.41, 5.74) is 3.39. The first kappa shape index (κ1) is 10.6. The molecule has 0 saturated carbocycles. The number of hydrogen-bond donors (Lipinski definition) is 1. The fraction of sp³-hybridized carbons (Fsp3) is 0.143. The Hall–Kier alpha value is -1.96. The van der Waals surface area contributed by atoms with E-state index in [-0.39, 0.29) is 5.84 Å². The molecular weight excluding hydrogens is 196 g/mol. The normalized spacial score (nSPS) is 14.4. The van der Waals surface area contributed by atoms with E-state index in [0.29, 0.717) is 0 Å². The molecular formula is C14H14N2. The lowest BCUT2D eigenvalue weighted by atomic mass is 9.96. The van der Waals surface area contributed by atoms with Gasteiger partial charge in [-0.15, -0.1) is 0 Å². The molecule has 1 aromatic carbocycles. The number of nitrogens with zero attached hydrogens (tertiary/aromatic N) is 1. The van der Waals surface area contributed by atoms with Crippen molar-refractivity contribution in [2.24, 2.45) is 4.99 Å². The van der Waals surface area contributed by atoms with Gasteiger partial charge < -0.3 is 0 Å². The molecule has 0 bridgehead atoms. The topological polar surface area (TPSA) is 36.2 Å². The highest BCUT2D eigenvalue weighted by atomic mass is 14.8. The fourth-order valence-electron chi connectivity index (χ4n) is 1.78. The van der Waals surface area contributed by atoms with E-state index in [9.17, 15) is 0 Å². The molecule has 0 saturated heterocycles. The molecule has 80 valence electrons. The van der Waals surface area contributed by atoms with Gasteiger partial charge in [0.2, 0.25) is 0 Å². The Bertz CT molecular complexity index is 464. The molecule has 0 amide bonds. The van der Waals surface area contributed by atoms with E-state index >= 15 is 0 Å². The summed E-state index contributed by atoms with van der Waals surface area (Å²) in [7, 11) is 0. The Labute approximate surface area is 95.5 Å². The van der Waals surface area contributed by atoms with Crippen LogP contribution in [0.1, 0.15) is 24.0 Å². The van der Waals surface area contributed by atoms with Crippen LogP contribution in [-0.2, 0) is 0 Å². The SMILES string of the molecule is C=NC(=N)c1ccc(C2=CC=CCC2)cc1. The quantitative estimate of drug-likeness (QED) is 0.573. The van der Waals surface area contributed by atoms with Crippen molar-refractivity contribution in [3.05, 3.63) is 53.6 Å². The molecule has 0 unspecified atom stereocenters. The first-order valence-electron chi connectivity index (χ1n) is 5.33. The molecule has 0 radical (unpaired) electrons. The summed E-state index contributed by atoms with van der Waals surface area (Å²) in [6, 6.07) is 7.93. The van der Waals surface area contributed by atoms with Crippen LogP contribution < -0.4 is 0 Å². The summed E-state index contributed by atoms with van der Waals surface area (Å²) in [6.07, 6.45) is 8.62. The second kappa shape index (κ2) is 4.71. The van der Waals surface area contributed by atoms with E-state index in [2.05, 4.69) is 29.9 Å². The van der Waals surface area contributed by atoms with Gasteiger partial charge in [0, 0.05) is 5.56 Å². The molecule has 1 aliphatic rings. The molecule has 2 nitrogen and oxygen atoms in total. The second-order valence-corrected chi connectivity index (χ2v) is 3.74. The van der Waals surface area contributed by atoms with Crippen LogP contribution in [0, 0.1) is 5.41 Å². The van der Waals surface area contributed by atoms with Gasteiger partial charge in [-0.3, -0.25) is 5.41 Å². The van der Waals surface area contributed by atoms with Crippen molar-refractivity contribution < 1.29 is 0 Å². The third kappa shape index (κ3) is 2.16. The van der Waals surface area contributed by atoms with Gasteiger partial charge in [0.25, 0.3) is 0 Å². The van der Waals surface area contributed by atoms with Gasteiger partial charge in [0.15, 0.2) is 5.84 Å². The van der Waals surface area contributed by atoms with Crippen LogP contribution in [0.2, 0.25) is 0 Å². The Morgan fingerprint density at radius 3 is 2.56 bits per heavy atom. The Morgan fingerprint density at radius 2 is 2.00 bits per heavy atom. The minimum absolute atomic E-state index is 0.226. The average molecular weight is 210 g/mol. The maximum atomic E-state index is 7.54. The molecule has 16 heavy (non-hydrogen) atoms. The number of benzene rings is 1. The zero-order chi connectivity index (χ0) is 11.4. The highest BCUT2D eigenvalue weighted by molar-refractivity contribution is 5.99. The molecule has 0 aliphatic heterocycles. The second-order valence-electron chi connectivity index (χ2n) is 3.74. The van der Waals surface area contributed by atoms with Crippen molar-refractivity contribution in [3.63, 3.8) is 0 Å². The van der Waals surface area contributed by atoms with Crippen molar-refractivity contribution >= 4 is 18.1 Å². The lowest BCUT2D eigenvalue weighted by Crippen LogP contribution is -1.94. The number of rotatable bonds is 2. The first-order valence-corrected chi connectivity index (χ1v) is 5.33. The highest BCUT2D eigenvalue weighted by Gasteiger charge is 2.04. The smallest absolute Gasteiger partial charge is 0.151 e. The molecule has 1 aliphatic carbocycles. The maximum Gasteiger partial charge on any atom is 0.151 e. The standard InChI is InChI=1S/C14H14N2/c1-16-14(15)13-9-7-12(8-10-13)11-5-3-2-4-6-11/h2-3,5,7-10,15H,1,4,6H2. The summed E-state index contributed by atoms with van der Waals surface area (Å²) < 4.78 is 0. The van der Waals surface area contributed by atoms with Crippen LogP contribution >= 0.6 is 0 Å². The van der Waals surface area contributed by atoms with Gasteiger partial charge >= 0.3 is 0 Å². The summed E-state index contributed by atoms with van der Waals surface area (Å²) in [5, 5.41) is 7.54. The molecule has 2 rings (SSSR count). The minimum Gasteiger partial charge on any atom is -0.282 e. The molecule has 0 aromatic heterocycles. The van der Waals surface area contributed by atoms with E-state index in [1.807, 2.05) is 24.3 Å². The third-order valence-corrected chi connectivity index (χ3v) is 2.70. The van der Waals surface area contributed by atoms with E-state index in [4.69, 9.17) is 5.41 Å². The number of nitrogens with one attached hydrogen (secondary N) is 1. The molecule has 0 heterocycles. The molecule has 1 N–H and O–H groups in total. The van der Waals surface area contributed by atoms with E-state index < -0.39 is 0 Å². The number of hydrogen-bond acceptors (Lipinski definition) is 1. The number of allylic oxidation sites excluding steroid dienone is 4. The lowest BCUT2D eigenvalue weighted by molar-refractivity contribution is 1.05. The van der Waals surface area contributed by atoms with Crippen molar-refractivity contribution in [2.45, 2.75) is 12.8 Å². The maximum absolute atomic E-state index is 7.54. The van der Waals surface area contributed by atoms with E-state index in [1.165, 1.54) is 11.1 Å². The van der Waals surface area contributed by atoms with Crippen molar-refractivity contribution in [3.8, 4) is 0 Å². The Kier molecular flexibility index (Phi) is 3.10. The molecule has 2 heteroatoms. The average Bonchev–Trinajstić information content (AvgIpc) is 2.39. The number of amidine groups is 1. The summed E-state index contributed by atoms with van der Waals surface area (Å²) in [4.78, 5) is 3.61. The molecule has 0 atom stereocenters. The zero-order valence-electron chi connectivity index (χ0n) is 9.11. The Morgan fingerprint density at radius 1 is 1.25 bits per heavy atom. The van der Waals surface area contributed by atoms with Gasteiger partial charge in [-0.05, 0) is 30.7 Å². The molecule has 0 fully saturated rings. The van der Waals surface area contributed by atoms with Crippen LogP contribution in [0.4, 0.5) is 0 Å². The Balaban J connectivity index is 2.25. The van der Waals surface area contributed by atoms with Crippen LogP contribution in [0.5, 0.6) is 0 Å². The van der Waals surface area contributed by atoms with Crippen LogP contribution in [0.25, 0.3) is 5.57 Å². The monoisotopic (exact) mass is 210 g/mol. The van der Waals surface area contributed by atoms with Gasteiger partial charge in [-0.2, -0.15) is 0 Å². The van der Waals surface area contributed by atoms with Gasteiger partial charge in [-0.1, -0.05) is 42.5 Å². The van der Waals surface area contributed by atoms with Crippen LogP contribution in [-0.4, -0.2) is 12.6 Å². The lowest BCUT2D eigenvalue weighted by Gasteiger charge is -2.09. The molecule has 0 spiro atoms. The first-order chi connectivity index (χ1) is 7.81. The van der Waals surface area contributed by atoms with Crippen LogP contribution in [0.3, 0.4) is 0 Å². The predicted molar refractivity (Wildman–Crippen MR) is 69.2 cm³/mol. The van der Waals surface area contributed by atoms with Crippen molar-refractivity contribution in [2.75, 3.05) is 0 Å². The van der Waals surface area contributed by atoms with Gasteiger partial charge in [0.1, 0.15) is 0 Å². The van der Waals surface area contributed by atoms with E-state index in [1.54, 1.807) is 0 Å². The number of aliphatic imine (C=N–C) groups is 1. The highest BCUT2D eigenvalue weighted by Crippen LogP contribution is 2.23. The zero-order valence-corrected chi connectivity index (χ0v) is 9.11. The largest absolute Gasteiger partial charge is 0.282 e. The summed E-state index contributed by atoms with van der Waals surface area (Å²) in [6.45, 7) is 3.35. The van der Waals surface area contributed by atoms with Gasteiger partial charge in [0.05, 0.1) is 0 Å². The summed E-state index contributed by atoms with van der Waals surface area (Å²) in [5.74, 6) is 0.226.